The van der Waals surface area contributed by atoms with E-state index in [-0.39, 0.29) is 6.61 Å². The predicted octanol–water partition coefficient (Wildman–Crippen LogP) is 2.55. The summed E-state index contributed by atoms with van der Waals surface area (Å²) in [6.45, 7) is 6.02. The first-order valence-electron chi connectivity index (χ1n) is 8.55. The fourth-order valence-corrected chi connectivity index (χ4v) is 2.34. The van der Waals surface area contributed by atoms with E-state index >= 15 is 0 Å². The van der Waals surface area contributed by atoms with Crippen LogP contribution in [0, 0.1) is 13.8 Å². The molecular formula is C20H24N2O5. The van der Waals surface area contributed by atoms with E-state index < -0.39 is 11.8 Å². The van der Waals surface area contributed by atoms with Crippen molar-refractivity contribution in [3.63, 3.8) is 0 Å². The van der Waals surface area contributed by atoms with Gasteiger partial charge in [-0.05, 0) is 56.2 Å². The topological polar surface area (TPSA) is 85.9 Å². The van der Waals surface area contributed by atoms with Crippen LogP contribution >= 0.6 is 0 Å². The Morgan fingerprint density at radius 1 is 0.963 bits per heavy atom. The number of ether oxygens (including phenoxy) is 3. The van der Waals surface area contributed by atoms with Crippen LogP contribution in [0.2, 0.25) is 0 Å². The van der Waals surface area contributed by atoms with Crippen LogP contribution in [-0.2, 0) is 4.79 Å². The fraction of sp³-hybridized carbons (Fsp3) is 0.300. The molecule has 0 aliphatic rings. The van der Waals surface area contributed by atoms with E-state index in [2.05, 4.69) is 10.9 Å². The second kappa shape index (κ2) is 9.47. The van der Waals surface area contributed by atoms with Crippen LogP contribution in [-0.4, -0.2) is 32.1 Å². The molecule has 2 amide bonds. The standard InChI is InChI=1S/C20H24N2O5/c1-5-26-17-10-9-15(11-18(17)25-4)20(24)22-21-19(23)12-27-16-8-6-7-13(2)14(16)3/h6-11H,5,12H2,1-4H3,(H,21,23)(H,22,24). The number of hydrogen-bond acceptors (Lipinski definition) is 5. The summed E-state index contributed by atoms with van der Waals surface area (Å²) >= 11 is 0. The minimum absolute atomic E-state index is 0.211. The summed E-state index contributed by atoms with van der Waals surface area (Å²) in [6, 6.07) is 10.4. The summed E-state index contributed by atoms with van der Waals surface area (Å²) in [5.74, 6) is 0.669. The molecule has 0 spiro atoms. The summed E-state index contributed by atoms with van der Waals surface area (Å²) in [7, 11) is 1.49. The Morgan fingerprint density at radius 3 is 2.44 bits per heavy atom. The molecule has 0 aliphatic carbocycles. The summed E-state index contributed by atoms with van der Waals surface area (Å²) in [5, 5.41) is 0. The molecule has 0 saturated carbocycles. The van der Waals surface area contributed by atoms with Crippen LogP contribution < -0.4 is 25.1 Å². The Morgan fingerprint density at radius 2 is 1.74 bits per heavy atom. The average molecular weight is 372 g/mol. The lowest BCUT2D eigenvalue weighted by atomic mass is 10.1. The van der Waals surface area contributed by atoms with Crippen LogP contribution in [0.4, 0.5) is 0 Å². The highest BCUT2D eigenvalue weighted by molar-refractivity contribution is 5.96. The number of carbonyl (C=O) groups excluding carboxylic acids is 2. The van der Waals surface area contributed by atoms with Crippen molar-refractivity contribution in [3.05, 3.63) is 53.1 Å². The first-order chi connectivity index (χ1) is 13.0. The Hall–Kier alpha value is -3.22. The van der Waals surface area contributed by atoms with Crippen molar-refractivity contribution in [1.29, 1.82) is 0 Å². The molecule has 0 fully saturated rings. The zero-order valence-corrected chi connectivity index (χ0v) is 15.9. The minimum Gasteiger partial charge on any atom is -0.493 e. The van der Waals surface area contributed by atoms with Crippen molar-refractivity contribution < 1.29 is 23.8 Å². The number of amides is 2. The van der Waals surface area contributed by atoms with Crippen LogP contribution in [0.1, 0.15) is 28.4 Å². The Kier molecular flexibility index (Phi) is 7.05. The third-order valence-corrected chi connectivity index (χ3v) is 3.95. The molecule has 2 rings (SSSR count). The molecule has 0 aromatic heterocycles. The van der Waals surface area contributed by atoms with Crippen molar-refractivity contribution in [3.8, 4) is 17.2 Å². The van der Waals surface area contributed by atoms with Gasteiger partial charge in [0.1, 0.15) is 5.75 Å². The van der Waals surface area contributed by atoms with Gasteiger partial charge in [-0.25, -0.2) is 0 Å². The monoisotopic (exact) mass is 372 g/mol. The Bertz CT molecular complexity index is 820. The van der Waals surface area contributed by atoms with E-state index in [1.165, 1.54) is 7.11 Å². The second-order valence-corrected chi connectivity index (χ2v) is 5.79. The summed E-state index contributed by atoms with van der Waals surface area (Å²) < 4.78 is 16.1. The molecule has 2 aromatic carbocycles. The molecule has 0 radical (unpaired) electrons. The number of aryl methyl sites for hydroxylation is 1. The summed E-state index contributed by atoms with van der Waals surface area (Å²) in [5.41, 5.74) is 7.04. The number of carbonyl (C=O) groups is 2. The molecule has 7 heteroatoms. The van der Waals surface area contributed by atoms with Crippen molar-refractivity contribution >= 4 is 11.8 Å². The average Bonchev–Trinajstić information content (AvgIpc) is 2.67. The maximum absolute atomic E-state index is 12.2. The summed E-state index contributed by atoms with van der Waals surface area (Å²) in [4.78, 5) is 24.1. The van der Waals surface area contributed by atoms with Crippen molar-refractivity contribution in [1.82, 2.24) is 10.9 Å². The fourth-order valence-electron chi connectivity index (χ4n) is 2.34. The predicted molar refractivity (Wildman–Crippen MR) is 101 cm³/mol. The lowest BCUT2D eigenvalue weighted by Crippen LogP contribution is -2.43. The molecule has 0 bridgehead atoms. The van der Waals surface area contributed by atoms with Crippen molar-refractivity contribution in [2.75, 3.05) is 20.3 Å². The number of hydrogen-bond donors (Lipinski definition) is 2. The SMILES string of the molecule is CCOc1ccc(C(=O)NNC(=O)COc2cccc(C)c2C)cc1OC. The number of methoxy groups -OCH3 is 1. The molecule has 2 N–H and O–H groups in total. The van der Waals surface area contributed by atoms with Gasteiger partial charge < -0.3 is 14.2 Å². The molecule has 0 aliphatic heterocycles. The van der Waals surface area contributed by atoms with Gasteiger partial charge in [0.05, 0.1) is 13.7 Å². The lowest BCUT2D eigenvalue weighted by molar-refractivity contribution is -0.123. The maximum Gasteiger partial charge on any atom is 0.276 e. The molecule has 7 nitrogen and oxygen atoms in total. The number of hydrazine groups is 1. The maximum atomic E-state index is 12.2. The van der Waals surface area contributed by atoms with E-state index in [1.807, 2.05) is 32.9 Å². The molecule has 2 aromatic rings. The van der Waals surface area contributed by atoms with E-state index in [0.717, 1.165) is 11.1 Å². The third-order valence-electron chi connectivity index (χ3n) is 3.95. The second-order valence-electron chi connectivity index (χ2n) is 5.79. The van der Waals surface area contributed by atoms with E-state index in [0.29, 0.717) is 29.4 Å². The zero-order chi connectivity index (χ0) is 19.8. The van der Waals surface area contributed by atoms with Gasteiger partial charge in [0, 0.05) is 5.56 Å². The number of nitrogens with one attached hydrogen (secondary N) is 2. The van der Waals surface area contributed by atoms with E-state index in [1.54, 1.807) is 24.3 Å². The molecule has 0 heterocycles. The Balaban J connectivity index is 1.89. The molecule has 0 saturated heterocycles. The molecular weight excluding hydrogens is 348 g/mol. The highest BCUT2D eigenvalue weighted by Gasteiger charge is 2.12. The quantitative estimate of drug-likeness (QED) is 0.730. The van der Waals surface area contributed by atoms with Gasteiger partial charge in [-0.2, -0.15) is 0 Å². The van der Waals surface area contributed by atoms with Crippen LogP contribution in [0.15, 0.2) is 36.4 Å². The van der Waals surface area contributed by atoms with Gasteiger partial charge in [0.2, 0.25) is 0 Å². The van der Waals surface area contributed by atoms with E-state index in [4.69, 9.17) is 14.2 Å². The van der Waals surface area contributed by atoms with Gasteiger partial charge in [-0.3, -0.25) is 20.4 Å². The molecule has 0 atom stereocenters. The smallest absolute Gasteiger partial charge is 0.276 e. The van der Waals surface area contributed by atoms with Crippen molar-refractivity contribution in [2.24, 2.45) is 0 Å². The van der Waals surface area contributed by atoms with Gasteiger partial charge in [0.15, 0.2) is 18.1 Å². The Labute approximate surface area is 158 Å². The first kappa shape index (κ1) is 20.1. The normalized spacial score (nSPS) is 10.1. The van der Waals surface area contributed by atoms with Crippen LogP contribution in [0.25, 0.3) is 0 Å². The first-order valence-corrected chi connectivity index (χ1v) is 8.55. The molecule has 144 valence electrons. The molecule has 0 unspecified atom stereocenters. The van der Waals surface area contributed by atoms with Crippen LogP contribution in [0.3, 0.4) is 0 Å². The number of benzene rings is 2. The summed E-state index contributed by atoms with van der Waals surface area (Å²) in [6.07, 6.45) is 0. The van der Waals surface area contributed by atoms with Gasteiger partial charge in [-0.1, -0.05) is 12.1 Å². The lowest BCUT2D eigenvalue weighted by Gasteiger charge is -2.13. The van der Waals surface area contributed by atoms with Crippen LogP contribution in [0.5, 0.6) is 17.2 Å². The zero-order valence-electron chi connectivity index (χ0n) is 15.9. The highest BCUT2D eigenvalue weighted by atomic mass is 16.5. The largest absolute Gasteiger partial charge is 0.493 e. The molecule has 27 heavy (non-hydrogen) atoms. The minimum atomic E-state index is -0.476. The highest BCUT2D eigenvalue weighted by Crippen LogP contribution is 2.27. The van der Waals surface area contributed by atoms with Gasteiger partial charge >= 0.3 is 0 Å². The number of rotatable bonds is 7. The van der Waals surface area contributed by atoms with Gasteiger partial charge in [0.25, 0.3) is 11.8 Å². The van der Waals surface area contributed by atoms with E-state index in [9.17, 15) is 9.59 Å². The van der Waals surface area contributed by atoms with Crippen molar-refractivity contribution in [2.45, 2.75) is 20.8 Å². The third kappa shape index (κ3) is 5.37. The van der Waals surface area contributed by atoms with Gasteiger partial charge in [-0.15, -0.1) is 0 Å².